The molecule has 0 aliphatic heterocycles. The highest BCUT2D eigenvalue weighted by atomic mass is 35.5. The summed E-state index contributed by atoms with van der Waals surface area (Å²) in [5.41, 5.74) is 4.97. The van der Waals surface area contributed by atoms with E-state index in [2.05, 4.69) is 4.74 Å². The van der Waals surface area contributed by atoms with Crippen LogP contribution >= 0.6 is 11.6 Å². The number of anilines is 1. The molecule has 82 valence electrons. The summed E-state index contributed by atoms with van der Waals surface area (Å²) < 4.78 is 39.2. The first-order valence-corrected chi connectivity index (χ1v) is 4.01. The van der Waals surface area contributed by atoms with Gasteiger partial charge in [-0.05, 0) is 12.1 Å². The number of halogens is 4. The maximum atomic E-state index is 11.9. The molecule has 0 fully saturated rings. The van der Waals surface area contributed by atoms with Crippen LogP contribution in [0.2, 0.25) is 5.02 Å². The SMILES string of the molecule is Nc1cc(C=O)cc(Cl)c1OC(F)(F)F. The van der Waals surface area contributed by atoms with Crippen molar-refractivity contribution < 1.29 is 22.7 Å². The summed E-state index contributed by atoms with van der Waals surface area (Å²) in [6, 6.07) is 2.08. The Morgan fingerprint density at radius 1 is 1.40 bits per heavy atom. The highest BCUT2D eigenvalue weighted by Gasteiger charge is 2.33. The Morgan fingerprint density at radius 3 is 2.40 bits per heavy atom. The summed E-state index contributed by atoms with van der Waals surface area (Å²) in [6.07, 6.45) is -4.46. The van der Waals surface area contributed by atoms with Crippen molar-refractivity contribution in [1.82, 2.24) is 0 Å². The maximum Gasteiger partial charge on any atom is 0.573 e. The maximum absolute atomic E-state index is 11.9. The van der Waals surface area contributed by atoms with Gasteiger partial charge in [0, 0.05) is 5.56 Å². The number of nitrogen functional groups attached to an aromatic ring is 1. The van der Waals surface area contributed by atoms with Crippen molar-refractivity contribution in [3.05, 3.63) is 22.7 Å². The number of carbonyl (C=O) groups excluding carboxylic acids is 1. The molecule has 0 saturated heterocycles. The van der Waals surface area contributed by atoms with E-state index in [0.29, 0.717) is 6.29 Å². The number of ether oxygens (including phenoxy) is 1. The molecular weight excluding hydrogens is 235 g/mol. The molecule has 0 saturated carbocycles. The molecule has 0 amide bonds. The first kappa shape index (κ1) is 11.6. The molecule has 0 heterocycles. The second-order valence-electron chi connectivity index (χ2n) is 2.59. The lowest BCUT2D eigenvalue weighted by Gasteiger charge is -2.12. The van der Waals surface area contributed by atoms with Gasteiger partial charge in [-0.2, -0.15) is 0 Å². The van der Waals surface area contributed by atoms with Crippen molar-refractivity contribution in [3.63, 3.8) is 0 Å². The van der Waals surface area contributed by atoms with Crippen molar-refractivity contribution in [2.75, 3.05) is 5.73 Å². The predicted molar refractivity (Wildman–Crippen MR) is 47.9 cm³/mol. The van der Waals surface area contributed by atoms with Gasteiger partial charge >= 0.3 is 6.36 Å². The number of benzene rings is 1. The Labute approximate surface area is 87.6 Å². The summed E-state index contributed by atoms with van der Waals surface area (Å²) >= 11 is 5.46. The molecule has 0 atom stereocenters. The average molecular weight is 240 g/mol. The van der Waals surface area contributed by atoms with E-state index in [-0.39, 0.29) is 16.3 Å². The normalized spacial score (nSPS) is 11.2. The molecule has 15 heavy (non-hydrogen) atoms. The number of hydrogen-bond donors (Lipinski definition) is 1. The fourth-order valence-corrected chi connectivity index (χ4v) is 1.20. The lowest BCUT2D eigenvalue weighted by Crippen LogP contribution is -2.18. The molecule has 0 unspecified atom stereocenters. The first-order chi connectivity index (χ1) is 6.83. The Kier molecular flexibility index (Phi) is 3.09. The van der Waals surface area contributed by atoms with Gasteiger partial charge in [0.15, 0.2) is 5.75 Å². The van der Waals surface area contributed by atoms with E-state index in [1.165, 1.54) is 0 Å². The van der Waals surface area contributed by atoms with Crippen LogP contribution in [0.1, 0.15) is 10.4 Å². The molecule has 1 rings (SSSR count). The van der Waals surface area contributed by atoms with Crippen LogP contribution in [0.4, 0.5) is 18.9 Å². The van der Waals surface area contributed by atoms with Gasteiger partial charge in [-0.15, -0.1) is 13.2 Å². The number of rotatable bonds is 2. The zero-order valence-electron chi connectivity index (χ0n) is 7.14. The zero-order valence-corrected chi connectivity index (χ0v) is 7.89. The Hall–Kier alpha value is -1.43. The van der Waals surface area contributed by atoms with E-state index in [1.54, 1.807) is 0 Å². The molecule has 0 bridgehead atoms. The van der Waals surface area contributed by atoms with Gasteiger partial charge in [0.05, 0.1) is 10.7 Å². The largest absolute Gasteiger partial charge is 0.573 e. The lowest BCUT2D eigenvalue weighted by molar-refractivity contribution is -0.274. The third-order valence-corrected chi connectivity index (χ3v) is 1.73. The second kappa shape index (κ2) is 3.98. The predicted octanol–water partition coefficient (Wildman–Crippen LogP) is 2.63. The quantitative estimate of drug-likeness (QED) is 0.638. The van der Waals surface area contributed by atoms with Gasteiger partial charge in [-0.25, -0.2) is 0 Å². The molecule has 0 aliphatic carbocycles. The molecule has 0 aliphatic rings. The third kappa shape index (κ3) is 3.02. The third-order valence-electron chi connectivity index (χ3n) is 1.45. The van der Waals surface area contributed by atoms with Crippen molar-refractivity contribution in [3.8, 4) is 5.75 Å². The van der Waals surface area contributed by atoms with Crippen LogP contribution in [0.15, 0.2) is 12.1 Å². The van der Waals surface area contributed by atoms with Gasteiger partial charge in [0.25, 0.3) is 0 Å². The van der Waals surface area contributed by atoms with E-state index in [0.717, 1.165) is 12.1 Å². The Bertz CT molecular complexity index is 369. The summed E-state index contributed by atoms with van der Waals surface area (Å²) in [6.45, 7) is 0. The van der Waals surface area contributed by atoms with E-state index in [9.17, 15) is 18.0 Å². The molecule has 1 aromatic rings. The van der Waals surface area contributed by atoms with E-state index in [4.69, 9.17) is 17.3 Å². The molecule has 0 spiro atoms. The van der Waals surface area contributed by atoms with Crippen LogP contribution in [0, 0.1) is 0 Å². The molecule has 0 aromatic heterocycles. The molecule has 3 nitrogen and oxygen atoms in total. The molecule has 2 N–H and O–H groups in total. The van der Waals surface area contributed by atoms with Crippen LogP contribution < -0.4 is 10.5 Å². The zero-order chi connectivity index (χ0) is 11.6. The van der Waals surface area contributed by atoms with Crippen molar-refractivity contribution in [2.45, 2.75) is 6.36 Å². The smallest absolute Gasteiger partial charge is 0.402 e. The summed E-state index contributed by atoms with van der Waals surface area (Å²) in [5, 5.41) is -0.366. The number of hydrogen-bond acceptors (Lipinski definition) is 3. The highest BCUT2D eigenvalue weighted by Crippen LogP contribution is 2.35. The minimum Gasteiger partial charge on any atom is -0.402 e. The van der Waals surface area contributed by atoms with Gasteiger partial charge < -0.3 is 10.5 Å². The summed E-state index contributed by atoms with van der Waals surface area (Å²) in [5.74, 6) is -0.699. The van der Waals surface area contributed by atoms with Gasteiger partial charge in [-0.1, -0.05) is 11.6 Å². The lowest BCUT2D eigenvalue weighted by atomic mass is 10.2. The topological polar surface area (TPSA) is 52.3 Å². The monoisotopic (exact) mass is 239 g/mol. The van der Waals surface area contributed by atoms with Crippen LogP contribution in [-0.2, 0) is 0 Å². The van der Waals surface area contributed by atoms with Crippen LogP contribution in [0.3, 0.4) is 0 Å². The second-order valence-corrected chi connectivity index (χ2v) is 2.99. The number of carbonyl (C=O) groups is 1. The number of aldehydes is 1. The van der Waals surface area contributed by atoms with E-state index in [1.807, 2.05) is 0 Å². The molecule has 0 radical (unpaired) electrons. The summed E-state index contributed by atoms with van der Waals surface area (Å²) in [7, 11) is 0. The van der Waals surface area contributed by atoms with E-state index < -0.39 is 12.1 Å². The minimum atomic E-state index is -4.87. The first-order valence-electron chi connectivity index (χ1n) is 3.63. The van der Waals surface area contributed by atoms with Crippen LogP contribution in [-0.4, -0.2) is 12.6 Å². The van der Waals surface area contributed by atoms with E-state index >= 15 is 0 Å². The minimum absolute atomic E-state index is 0.0759. The van der Waals surface area contributed by atoms with Crippen molar-refractivity contribution >= 4 is 23.6 Å². The van der Waals surface area contributed by atoms with Crippen LogP contribution in [0.5, 0.6) is 5.75 Å². The number of nitrogens with two attached hydrogens (primary N) is 1. The van der Waals surface area contributed by atoms with Gasteiger partial charge in [0.2, 0.25) is 0 Å². The Balaban J connectivity index is 3.14. The van der Waals surface area contributed by atoms with Crippen LogP contribution in [0.25, 0.3) is 0 Å². The van der Waals surface area contributed by atoms with Crippen molar-refractivity contribution in [1.29, 1.82) is 0 Å². The summed E-state index contributed by atoms with van der Waals surface area (Å²) in [4.78, 5) is 10.3. The van der Waals surface area contributed by atoms with Gasteiger partial charge in [0.1, 0.15) is 6.29 Å². The average Bonchev–Trinajstić information content (AvgIpc) is 2.09. The fraction of sp³-hybridized carbons (Fsp3) is 0.125. The van der Waals surface area contributed by atoms with Crippen molar-refractivity contribution in [2.24, 2.45) is 0 Å². The standard InChI is InChI=1S/C8H5ClF3NO2/c9-5-1-4(3-14)2-6(13)7(5)15-8(10,11)12/h1-3H,13H2. The number of alkyl halides is 3. The van der Waals surface area contributed by atoms with Gasteiger partial charge in [-0.3, -0.25) is 4.79 Å². The molecule has 7 heteroatoms. The molecule has 1 aromatic carbocycles. The highest BCUT2D eigenvalue weighted by molar-refractivity contribution is 6.32. The Morgan fingerprint density at radius 2 is 2.00 bits per heavy atom. The molecular formula is C8H5ClF3NO2. The fourth-order valence-electron chi connectivity index (χ4n) is 0.928.